The maximum atomic E-state index is 12.8. The molecule has 2 atom stereocenters. The number of amides is 2. The van der Waals surface area contributed by atoms with Crippen LogP contribution in [0.3, 0.4) is 0 Å². The number of methoxy groups -OCH3 is 3. The SMILES string of the molecule is COc1cc(N2C[C@H](C(=O)N[C@@H](CO)Cc3ccccc3)CC2=O)cc(OC)c1OC. The van der Waals surface area contributed by atoms with E-state index in [0.29, 0.717) is 29.4 Å². The van der Waals surface area contributed by atoms with Crippen molar-refractivity contribution in [2.24, 2.45) is 5.92 Å². The van der Waals surface area contributed by atoms with Crippen LogP contribution in [0.4, 0.5) is 5.69 Å². The molecular weight excluding hydrogens is 400 g/mol. The first-order valence-electron chi connectivity index (χ1n) is 10.1. The Balaban J connectivity index is 1.71. The van der Waals surface area contributed by atoms with Crippen molar-refractivity contribution in [3.63, 3.8) is 0 Å². The molecule has 1 aliphatic heterocycles. The fourth-order valence-electron chi connectivity index (χ4n) is 3.73. The molecule has 8 heteroatoms. The Bertz CT molecular complexity index is 893. The van der Waals surface area contributed by atoms with Gasteiger partial charge in [-0.15, -0.1) is 0 Å². The zero-order chi connectivity index (χ0) is 22.4. The van der Waals surface area contributed by atoms with Crippen molar-refractivity contribution in [1.29, 1.82) is 0 Å². The number of rotatable bonds is 9. The van der Waals surface area contributed by atoms with Crippen LogP contribution in [0.5, 0.6) is 17.2 Å². The van der Waals surface area contributed by atoms with E-state index in [9.17, 15) is 14.7 Å². The van der Waals surface area contributed by atoms with Crippen molar-refractivity contribution in [3.05, 3.63) is 48.0 Å². The Morgan fingerprint density at radius 3 is 2.32 bits per heavy atom. The Hall–Kier alpha value is -3.26. The molecule has 2 aromatic carbocycles. The Morgan fingerprint density at radius 2 is 1.77 bits per heavy atom. The quantitative estimate of drug-likeness (QED) is 0.632. The van der Waals surface area contributed by atoms with E-state index < -0.39 is 12.0 Å². The predicted octanol–water partition coefficient (Wildman–Crippen LogP) is 1.79. The highest BCUT2D eigenvalue weighted by molar-refractivity contribution is 6.00. The standard InChI is InChI=1S/C23H28N2O6/c1-29-19-11-18(12-20(30-2)22(19)31-3)25-13-16(10-21(25)27)23(28)24-17(14-26)9-15-7-5-4-6-8-15/h4-8,11-12,16-17,26H,9-10,13-14H2,1-3H3,(H,24,28)/t16-,17-/m1/s1. The van der Waals surface area contributed by atoms with Crippen LogP contribution >= 0.6 is 0 Å². The van der Waals surface area contributed by atoms with Gasteiger partial charge in [0.15, 0.2) is 11.5 Å². The number of nitrogens with zero attached hydrogens (tertiary/aromatic N) is 1. The van der Waals surface area contributed by atoms with E-state index in [1.807, 2.05) is 30.3 Å². The number of aliphatic hydroxyl groups excluding tert-OH is 1. The van der Waals surface area contributed by atoms with Gasteiger partial charge in [-0.3, -0.25) is 9.59 Å². The summed E-state index contributed by atoms with van der Waals surface area (Å²) >= 11 is 0. The summed E-state index contributed by atoms with van der Waals surface area (Å²) in [4.78, 5) is 27.0. The smallest absolute Gasteiger partial charge is 0.227 e. The third kappa shape index (κ3) is 5.08. The zero-order valence-electron chi connectivity index (χ0n) is 18.0. The van der Waals surface area contributed by atoms with E-state index >= 15 is 0 Å². The molecule has 0 aromatic heterocycles. The first-order valence-corrected chi connectivity index (χ1v) is 10.1. The molecule has 2 amide bonds. The van der Waals surface area contributed by atoms with Gasteiger partial charge in [0.2, 0.25) is 17.6 Å². The molecule has 1 fully saturated rings. The Kier molecular flexibility index (Phi) is 7.36. The molecule has 1 saturated heterocycles. The molecule has 0 bridgehead atoms. The van der Waals surface area contributed by atoms with E-state index in [1.165, 1.54) is 21.3 Å². The second-order valence-electron chi connectivity index (χ2n) is 7.37. The van der Waals surface area contributed by atoms with Crippen molar-refractivity contribution >= 4 is 17.5 Å². The average Bonchev–Trinajstić information content (AvgIpc) is 3.19. The first-order chi connectivity index (χ1) is 15.0. The van der Waals surface area contributed by atoms with Gasteiger partial charge in [0.25, 0.3) is 0 Å². The summed E-state index contributed by atoms with van der Waals surface area (Å²) in [6, 6.07) is 12.6. The van der Waals surface area contributed by atoms with Crippen LogP contribution in [0, 0.1) is 5.92 Å². The van der Waals surface area contributed by atoms with Crippen LogP contribution in [0.2, 0.25) is 0 Å². The molecule has 0 radical (unpaired) electrons. The summed E-state index contributed by atoms with van der Waals surface area (Å²) in [7, 11) is 4.52. The van der Waals surface area contributed by atoms with Crippen LogP contribution in [-0.2, 0) is 16.0 Å². The van der Waals surface area contributed by atoms with Crippen LogP contribution in [0.25, 0.3) is 0 Å². The molecule has 1 aliphatic rings. The van der Waals surface area contributed by atoms with E-state index in [-0.39, 0.29) is 31.4 Å². The lowest BCUT2D eigenvalue weighted by Gasteiger charge is -2.21. The van der Waals surface area contributed by atoms with Gasteiger partial charge in [-0.05, 0) is 12.0 Å². The van der Waals surface area contributed by atoms with Gasteiger partial charge < -0.3 is 29.5 Å². The molecule has 2 N–H and O–H groups in total. The number of carbonyl (C=O) groups is 2. The van der Waals surface area contributed by atoms with Crippen molar-refractivity contribution in [2.45, 2.75) is 18.9 Å². The molecule has 2 aromatic rings. The Labute approximate surface area is 181 Å². The second kappa shape index (κ2) is 10.2. The average molecular weight is 428 g/mol. The number of benzene rings is 2. The fraction of sp³-hybridized carbons (Fsp3) is 0.391. The maximum Gasteiger partial charge on any atom is 0.227 e. The second-order valence-corrected chi connectivity index (χ2v) is 7.37. The lowest BCUT2D eigenvalue weighted by molar-refractivity contribution is -0.127. The normalized spacial score (nSPS) is 16.7. The summed E-state index contributed by atoms with van der Waals surface area (Å²) in [5, 5.41) is 12.6. The number of hydrogen-bond acceptors (Lipinski definition) is 6. The maximum absolute atomic E-state index is 12.8. The zero-order valence-corrected chi connectivity index (χ0v) is 18.0. The topological polar surface area (TPSA) is 97.3 Å². The van der Waals surface area contributed by atoms with E-state index in [1.54, 1.807) is 17.0 Å². The van der Waals surface area contributed by atoms with Crippen molar-refractivity contribution in [1.82, 2.24) is 5.32 Å². The first kappa shape index (κ1) is 22.4. The third-order valence-electron chi connectivity index (χ3n) is 5.35. The van der Waals surface area contributed by atoms with Gasteiger partial charge in [-0.1, -0.05) is 30.3 Å². The van der Waals surface area contributed by atoms with Gasteiger partial charge in [0.1, 0.15) is 0 Å². The molecule has 8 nitrogen and oxygen atoms in total. The number of ether oxygens (including phenoxy) is 3. The molecular formula is C23H28N2O6. The van der Waals surface area contributed by atoms with Gasteiger partial charge in [-0.2, -0.15) is 0 Å². The summed E-state index contributed by atoms with van der Waals surface area (Å²) in [5.41, 5.74) is 1.58. The Morgan fingerprint density at radius 1 is 1.13 bits per heavy atom. The number of nitrogens with one attached hydrogen (secondary N) is 1. The van der Waals surface area contributed by atoms with Gasteiger partial charge >= 0.3 is 0 Å². The molecule has 0 aliphatic carbocycles. The summed E-state index contributed by atoms with van der Waals surface area (Å²) < 4.78 is 16.1. The minimum atomic E-state index is -0.517. The highest BCUT2D eigenvalue weighted by Gasteiger charge is 2.36. The highest BCUT2D eigenvalue weighted by atomic mass is 16.5. The lowest BCUT2D eigenvalue weighted by Crippen LogP contribution is -2.43. The van der Waals surface area contributed by atoms with Gasteiger partial charge in [-0.25, -0.2) is 0 Å². The van der Waals surface area contributed by atoms with Crippen molar-refractivity contribution in [2.75, 3.05) is 39.4 Å². The van der Waals surface area contributed by atoms with Gasteiger partial charge in [0.05, 0.1) is 45.6 Å². The molecule has 0 saturated carbocycles. The summed E-state index contributed by atoms with van der Waals surface area (Å²) in [6.45, 7) is 0.0463. The molecule has 31 heavy (non-hydrogen) atoms. The third-order valence-corrected chi connectivity index (χ3v) is 5.35. The molecule has 0 unspecified atom stereocenters. The molecule has 0 spiro atoms. The minimum absolute atomic E-state index is 0.0893. The van der Waals surface area contributed by atoms with E-state index in [2.05, 4.69) is 5.32 Å². The van der Waals surface area contributed by atoms with Gasteiger partial charge in [0, 0.05) is 25.1 Å². The van der Waals surface area contributed by atoms with Crippen LogP contribution in [-0.4, -0.2) is 57.4 Å². The van der Waals surface area contributed by atoms with E-state index in [4.69, 9.17) is 14.2 Å². The monoisotopic (exact) mass is 428 g/mol. The van der Waals surface area contributed by atoms with Crippen LogP contribution in [0.15, 0.2) is 42.5 Å². The lowest BCUT2D eigenvalue weighted by atomic mass is 10.0. The number of hydrogen-bond donors (Lipinski definition) is 2. The summed E-state index contributed by atoms with van der Waals surface area (Å²) in [5.74, 6) is 0.357. The minimum Gasteiger partial charge on any atom is -0.493 e. The number of carbonyl (C=O) groups excluding carboxylic acids is 2. The van der Waals surface area contributed by atoms with Crippen LogP contribution in [0.1, 0.15) is 12.0 Å². The largest absolute Gasteiger partial charge is 0.493 e. The molecule has 3 rings (SSSR count). The van der Waals surface area contributed by atoms with Crippen molar-refractivity contribution < 1.29 is 28.9 Å². The summed E-state index contributed by atoms with van der Waals surface area (Å²) in [6.07, 6.45) is 0.603. The molecule has 1 heterocycles. The van der Waals surface area contributed by atoms with Crippen molar-refractivity contribution in [3.8, 4) is 17.2 Å². The number of aliphatic hydroxyl groups is 1. The molecule has 166 valence electrons. The van der Waals surface area contributed by atoms with E-state index in [0.717, 1.165) is 5.56 Å². The number of anilines is 1. The van der Waals surface area contributed by atoms with Crippen LogP contribution < -0.4 is 24.4 Å². The fourth-order valence-corrected chi connectivity index (χ4v) is 3.73. The predicted molar refractivity (Wildman–Crippen MR) is 116 cm³/mol. The highest BCUT2D eigenvalue weighted by Crippen LogP contribution is 2.42.